The van der Waals surface area contributed by atoms with Crippen LogP contribution in [0.2, 0.25) is 0 Å². The first-order chi connectivity index (χ1) is 12.5. The van der Waals surface area contributed by atoms with Crippen LogP contribution in [0.1, 0.15) is 52.4 Å². The Hall–Kier alpha value is -1.01. The van der Waals surface area contributed by atoms with Crippen LogP contribution in [0.3, 0.4) is 0 Å². The molecule has 2 aliphatic heterocycles. The van der Waals surface area contributed by atoms with Crippen LogP contribution in [0, 0.1) is 17.8 Å². The second-order valence-corrected chi connectivity index (χ2v) is 8.45. The van der Waals surface area contributed by atoms with Crippen molar-refractivity contribution in [1.82, 2.24) is 20.4 Å². The predicted molar refractivity (Wildman–Crippen MR) is 112 cm³/mol. The zero-order chi connectivity index (χ0) is 18.9. The quantitative estimate of drug-likeness (QED) is 0.688. The summed E-state index contributed by atoms with van der Waals surface area (Å²) in [6, 6.07) is 0.0289. The fraction of sp³-hybridized carbons (Fsp3) is 0.900. The van der Waals surface area contributed by atoms with Crippen LogP contribution in [0.5, 0.6) is 0 Å². The van der Waals surface area contributed by atoms with E-state index in [0.29, 0.717) is 31.3 Å². The van der Waals surface area contributed by atoms with Crippen molar-refractivity contribution in [2.75, 3.05) is 46.3 Å². The predicted octanol–water partition coefficient (Wildman–Crippen LogP) is 2.72. The molecule has 2 saturated heterocycles. The van der Waals surface area contributed by atoms with Crippen molar-refractivity contribution in [3.63, 3.8) is 0 Å². The lowest BCUT2D eigenvalue weighted by Crippen LogP contribution is -2.47. The molecule has 0 aliphatic carbocycles. The van der Waals surface area contributed by atoms with Crippen molar-refractivity contribution in [2.24, 2.45) is 17.8 Å². The first-order valence-electron chi connectivity index (χ1n) is 10.4. The molecule has 27 heavy (non-hydrogen) atoms. The number of hydrogen-bond acceptors (Lipinski definition) is 3. The van der Waals surface area contributed by atoms with E-state index in [1.165, 1.54) is 6.42 Å². The molecule has 2 rings (SSSR count). The van der Waals surface area contributed by atoms with Crippen LogP contribution in [0.4, 0.5) is 4.79 Å². The lowest BCUT2D eigenvalue weighted by molar-refractivity contribution is -0.134. The minimum Gasteiger partial charge on any atom is -0.343 e. The van der Waals surface area contributed by atoms with Crippen molar-refractivity contribution >= 4 is 24.3 Å². The Bertz CT molecular complexity index is 453. The second kappa shape index (κ2) is 12.4. The van der Waals surface area contributed by atoms with Crippen LogP contribution in [0.15, 0.2) is 0 Å². The van der Waals surface area contributed by atoms with Gasteiger partial charge >= 0.3 is 6.03 Å². The molecular formula is C20H39ClN4O2. The van der Waals surface area contributed by atoms with Crippen LogP contribution in [0.25, 0.3) is 0 Å². The molecule has 2 aliphatic rings. The van der Waals surface area contributed by atoms with Gasteiger partial charge in [0, 0.05) is 39.1 Å². The third-order valence-corrected chi connectivity index (χ3v) is 5.70. The maximum Gasteiger partial charge on any atom is 0.317 e. The zero-order valence-corrected chi connectivity index (χ0v) is 18.2. The number of rotatable bonds is 7. The Balaban J connectivity index is 0.00000364. The van der Waals surface area contributed by atoms with Crippen molar-refractivity contribution in [2.45, 2.75) is 52.4 Å². The minimum atomic E-state index is 0. The molecule has 6 nitrogen and oxygen atoms in total. The van der Waals surface area contributed by atoms with E-state index in [4.69, 9.17) is 0 Å². The minimum absolute atomic E-state index is 0. The highest BCUT2D eigenvalue weighted by atomic mass is 35.5. The van der Waals surface area contributed by atoms with Crippen LogP contribution in [-0.4, -0.2) is 68.1 Å². The summed E-state index contributed by atoms with van der Waals surface area (Å²) in [6.07, 6.45) is 6.11. The molecule has 0 aromatic rings. The number of piperidine rings is 2. The number of likely N-dealkylation sites (tertiary alicyclic amines) is 2. The number of urea groups is 1. The van der Waals surface area contributed by atoms with E-state index in [1.54, 1.807) is 0 Å². The van der Waals surface area contributed by atoms with Crippen molar-refractivity contribution in [1.29, 1.82) is 0 Å². The van der Waals surface area contributed by atoms with Crippen LogP contribution >= 0.6 is 12.4 Å². The highest BCUT2D eigenvalue weighted by Crippen LogP contribution is 2.24. The summed E-state index contributed by atoms with van der Waals surface area (Å²) < 4.78 is 0. The van der Waals surface area contributed by atoms with E-state index in [1.807, 2.05) is 16.8 Å². The molecule has 0 aromatic heterocycles. The van der Waals surface area contributed by atoms with E-state index < -0.39 is 0 Å². The molecule has 2 N–H and O–H groups in total. The first-order valence-corrected chi connectivity index (χ1v) is 10.4. The van der Waals surface area contributed by atoms with Crippen LogP contribution < -0.4 is 10.6 Å². The van der Waals surface area contributed by atoms with E-state index in [2.05, 4.69) is 24.5 Å². The number of halogens is 1. The van der Waals surface area contributed by atoms with E-state index in [-0.39, 0.29) is 24.3 Å². The standard InChI is InChI=1S/C20H38N4O2.ClH/c1-16(2)14-22-20(26)24-10-4-5-18(15-24)13-19(25)23-11-7-17(8-12-23)6-9-21-3;/h16-18,21H,4-15H2,1-3H3,(H,22,26);1H. The van der Waals surface area contributed by atoms with Crippen molar-refractivity contribution in [3.05, 3.63) is 0 Å². The van der Waals surface area contributed by atoms with Gasteiger partial charge in [-0.15, -0.1) is 12.4 Å². The van der Waals surface area contributed by atoms with E-state index in [9.17, 15) is 9.59 Å². The third kappa shape index (κ3) is 8.26. The number of carbonyl (C=O) groups excluding carboxylic acids is 2. The van der Waals surface area contributed by atoms with Gasteiger partial charge in [0.25, 0.3) is 0 Å². The molecular weight excluding hydrogens is 364 g/mol. The Labute approximate surface area is 171 Å². The summed E-state index contributed by atoms with van der Waals surface area (Å²) in [7, 11) is 2.00. The molecule has 158 valence electrons. The average Bonchev–Trinajstić information content (AvgIpc) is 2.65. The molecule has 7 heteroatoms. The molecule has 0 spiro atoms. The number of carbonyl (C=O) groups is 2. The topological polar surface area (TPSA) is 64.7 Å². The molecule has 1 unspecified atom stereocenters. The van der Waals surface area contributed by atoms with Gasteiger partial charge in [0.2, 0.25) is 5.91 Å². The monoisotopic (exact) mass is 402 g/mol. The molecule has 0 bridgehead atoms. The normalized spacial score (nSPS) is 21.1. The maximum atomic E-state index is 12.7. The molecule has 2 heterocycles. The summed E-state index contributed by atoms with van der Waals surface area (Å²) in [5, 5.41) is 6.21. The zero-order valence-electron chi connectivity index (χ0n) is 17.3. The van der Waals surface area contributed by atoms with E-state index >= 15 is 0 Å². The fourth-order valence-corrected chi connectivity index (χ4v) is 4.01. The molecule has 0 aromatic carbocycles. The van der Waals surface area contributed by atoms with Gasteiger partial charge in [-0.1, -0.05) is 13.8 Å². The lowest BCUT2D eigenvalue weighted by Gasteiger charge is -2.36. The van der Waals surface area contributed by atoms with Gasteiger partial charge in [-0.25, -0.2) is 4.79 Å². The van der Waals surface area contributed by atoms with Crippen LogP contribution in [-0.2, 0) is 4.79 Å². The van der Waals surface area contributed by atoms with Gasteiger partial charge in [-0.05, 0) is 63.5 Å². The Morgan fingerprint density at radius 1 is 1.04 bits per heavy atom. The summed E-state index contributed by atoms with van der Waals surface area (Å²) in [6.45, 7) is 9.30. The van der Waals surface area contributed by atoms with Crippen molar-refractivity contribution < 1.29 is 9.59 Å². The number of nitrogens with zero attached hydrogens (tertiary/aromatic N) is 2. The largest absolute Gasteiger partial charge is 0.343 e. The third-order valence-electron chi connectivity index (χ3n) is 5.70. The highest BCUT2D eigenvalue weighted by molar-refractivity contribution is 5.85. The molecule has 0 saturated carbocycles. The summed E-state index contributed by atoms with van der Waals surface area (Å²) in [4.78, 5) is 28.9. The van der Waals surface area contributed by atoms with Gasteiger partial charge in [-0.3, -0.25) is 4.79 Å². The lowest BCUT2D eigenvalue weighted by atomic mass is 9.91. The first kappa shape index (κ1) is 24.0. The number of amides is 3. The van der Waals surface area contributed by atoms with Gasteiger partial charge in [0.05, 0.1) is 0 Å². The summed E-state index contributed by atoms with van der Waals surface area (Å²) >= 11 is 0. The molecule has 3 amide bonds. The molecule has 0 radical (unpaired) electrons. The number of hydrogen-bond donors (Lipinski definition) is 2. The summed E-state index contributed by atoms with van der Waals surface area (Å²) in [5.74, 6) is 1.80. The average molecular weight is 403 g/mol. The van der Waals surface area contributed by atoms with E-state index in [0.717, 1.165) is 57.8 Å². The Morgan fingerprint density at radius 3 is 2.37 bits per heavy atom. The van der Waals surface area contributed by atoms with Gasteiger partial charge in [-0.2, -0.15) is 0 Å². The molecule has 2 fully saturated rings. The fourth-order valence-electron chi connectivity index (χ4n) is 4.01. The number of nitrogens with one attached hydrogen (secondary N) is 2. The Kier molecular flexibility index (Phi) is 11.1. The van der Waals surface area contributed by atoms with Gasteiger partial charge in [0.15, 0.2) is 0 Å². The summed E-state index contributed by atoms with van der Waals surface area (Å²) in [5.41, 5.74) is 0. The van der Waals surface area contributed by atoms with Gasteiger partial charge in [0.1, 0.15) is 0 Å². The smallest absolute Gasteiger partial charge is 0.317 e. The second-order valence-electron chi connectivity index (χ2n) is 8.45. The van der Waals surface area contributed by atoms with Gasteiger partial charge < -0.3 is 20.4 Å². The van der Waals surface area contributed by atoms with Crippen molar-refractivity contribution in [3.8, 4) is 0 Å². The maximum absolute atomic E-state index is 12.7. The molecule has 1 atom stereocenters. The SMILES string of the molecule is CNCCC1CCN(C(=O)CC2CCCN(C(=O)NCC(C)C)C2)CC1.Cl. The Morgan fingerprint density at radius 2 is 1.74 bits per heavy atom. The highest BCUT2D eigenvalue weighted by Gasteiger charge is 2.28.